The minimum absolute atomic E-state index is 0.0173. The summed E-state index contributed by atoms with van der Waals surface area (Å²) in [6.07, 6.45) is 1.39. The third-order valence-corrected chi connectivity index (χ3v) is 2.66. The summed E-state index contributed by atoms with van der Waals surface area (Å²) < 4.78 is 14.3. The molecule has 0 bridgehead atoms. The van der Waals surface area contributed by atoms with Gasteiger partial charge < -0.3 is 0 Å². The molecule has 3 aromatic rings. The lowest BCUT2D eigenvalue weighted by Crippen LogP contribution is -2.08. The Morgan fingerprint density at radius 2 is 2.00 bits per heavy atom. The Bertz CT molecular complexity index is 778. The van der Waals surface area contributed by atoms with Gasteiger partial charge in [0.05, 0.1) is 11.9 Å². The number of fused-ring (bicyclic) bond motifs is 1. The zero-order valence-electron chi connectivity index (χ0n) is 8.89. The Balaban J connectivity index is 2.30. The number of nitrogens with one attached hydrogen (secondary N) is 1. The van der Waals surface area contributed by atoms with Gasteiger partial charge in [0.15, 0.2) is 5.65 Å². The molecule has 0 unspecified atom stereocenters. The molecule has 0 saturated heterocycles. The third kappa shape index (κ3) is 1.67. The summed E-state index contributed by atoms with van der Waals surface area (Å²) in [5, 5.41) is 4.36. The smallest absolute Gasteiger partial charge is 0.262 e. The van der Waals surface area contributed by atoms with Crippen molar-refractivity contribution in [3.05, 3.63) is 51.9 Å². The fourth-order valence-corrected chi connectivity index (χ4v) is 1.83. The first-order chi connectivity index (χ1) is 8.65. The molecule has 0 fully saturated rings. The van der Waals surface area contributed by atoms with Crippen molar-refractivity contribution >= 4 is 22.6 Å². The van der Waals surface area contributed by atoms with E-state index in [9.17, 15) is 9.18 Å². The molecule has 0 aliphatic heterocycles. The summed E-state index contributed by atoms with van der Waals surface area (Å²) in [6.45, 7) is 0. The molecule has 5 nitrogen and oxygen atoms in total. The zero-order valence-corrected chi connectivity index (χ0v) is 9.65. The van der Waals surface area contributed by atoms with Crippen LogP contribution >= 0.6 is 11.6 Å². The van der Waals surface area contributed by atoms with E-state index in [2.05, 4.69) is 15.1 Å². The van der Waals surface area contributed by atoms with Gasteiger partial charge in [-0.2, -0.15) is 10.1 Å². The maximum atomic E-state index is 12.8. The lowest BCUT2D eigenvalue weighted by atomic mass is 10.3. The summed E-state index contributed by atoms with van der Waals surface area (Å²) in [4.78, 5) is 18.0. The van der Waals surface area contributed by atoms with Crippen LogP contribution in [0.2, 0.25) is 5.28 Å². The van der Waals surface area contributed by atoms with Crippen LogP contribution in [0.5, 0.6) is 0 Å². The van der Waals surface area contributed by atoms with Crippen molar-refractivity contribution in [3.63, 3.8) is 0 Å². The number of hydrogen-bond acceptors (Lipinski definition) is 3. The fourth-order valence-electron chi connectivity index (χ4n) is 1.66. The highest BCUT2D eigenvalue weighted by molar-refractivity contribution is 6.28. The first-order valence-corrected chi connectivity index (χ1v) is 5.42. The monoisotopic (exact) mass is 264 g/mol. The van der Waals surface area contributed by atoms with E-state index in [0.717, 1.165) is 0 Å². The maximum absolute atomic E-state index is 12.8. The van der Waals surface area contributed by atoms with Crippen LogP contribution in [0.3, 0.4) is 0 Å². The van der Waals surface area contributed by atoms with E-state index in [1.165, 1.54) is 23.0 Å². The average Bonchev–Trinajstić information content (AvgIpc) is 2.74. The largest absolute Gasteiger partial charge is 0.296 e. The van der Waals surface area contributed by atoms with Crippen molar-refractivity contribution < 1.29 is 4.39 Å². The van der Waals surface area contributed by atoms with Gasteiger partial charge in [0.2, 0.25) is 5.28 Å². The molecule has 0 spiro atoms. The van der Waals surface area contributed by atoms with Gasteiger partial charge in [-0.1, -0.05) is 0 Å². The lowest BCUT2D eigenvalue weighted by Gasteiger charge is -2.02. The number of benzene rings is 1. The first-order valence-electron chi connectivity index (χ1n) is 5.04. The number of H-pyrrole nitrogens is 1. The molecular formula is C11H6ClFN4O. The summed E-state index contributed by atoms with van der Waals surface area (Å²) in [5.74, 6) is -0.348. The van der Waals surface area contributed by atoms with Crippen LogP contribution in [0.25, 0.3) is 16.7 Å². The van der Waals surface area contributed by atoms with Crippen molar-refractivity contribution in [2.24, 2.45) is 0 Å². The minimum atomic E-state index is -0.363. The lowest BCUT2D eigenvalue weighted by molar-refractivity contribution is 0.627. The SMILES string of the molecule is O=c1[nH]c(Cl)nc2c1cnn2-c1ccc(F)cc1. The highest BCUT2D eigenvalue weighted by Gasteiger charge is 2.10. The van der Waals surface area contributed by atoms with Crippen LogP contribution in [0.15, 0.2) is 35.3 Å². The van der Waals surface area contributed by atoms with Crippen LogP contribution in [0.4, 0.5) is 4.39 Å². The molecule has 1 aromatic carbocycles. The van der Waals surface area contributed by atoms with E-state index in [0.29, 0.717) is 16.7 Å². The zero-order chi connectivity index (χ0) is 12.7. The summed E-state index contributed by atoms with van der Waals surface area (Å²) in [6, 6.07) is 5.69. The van der Waals surface area contributed by atoms with Gasteiger partial charge in [-0.15, -0.1) is 0 Å². The van der Waals surface area contributed by atoms with E-state index in [-0.39, 0.29) is 16.7 Å². The van der Waals surface area contributed by atoms with Gasteiger partial charge in [0.25, 0.3) is 5.56 Å². The molecule has 1 N–H and O–H groups in total. The molecular weight excluding hydrogens is 259 g/mol. The molecule has 0 aliphatic rings. The van der Waals surface area contributed by atoms with Gasteiger partial charge in [0, 0.05) is 0 Å². The molecule has 0 radical (unpaired) electrons. The Morgan fingerprint density at radius 3 is 2.72 bits per heavy atom. The van der Waals surface area contributed by atoms with Gasteiger partial charge in [-0.05, 0) is 35.9 Å². The molecule has 0 atom stereocenters. The number of hydrogen-bond donors (Lipinski definition) is 1. The van der Waals surface area contributed by atoms with Gasteiger partial charge in [-0.3, -0.25) is 9.78 Å². The topological polar surface area (TPSA) is 63.6 Å². The second-order valence-corrected chi connectivity index (χ2v) is 3.98. The molecule has 0 saturated carbocycles. The third-order valence-electron chi connectivity index (χ3n) is 2.48. The minimum Gasteiger partial charge on any atom is -0.296 e. The number of rotatable bonds is 1. The molecule has 3 rings (SSSR count). The van der Waals surface area contributed by atoms with Crippen LogP contribution in [-0.4, -0.2) is 19.7 Å². The molecule has 7 heteroatoms. The molecule has 2 heterocycles. The quantitative estimate of drug-likeness (QED) is 0.683. The Hall–Kier alpha value is -2.21. The van der Waals surface area contributed by atoms with Crippen molar-refractivity contribution in [2.75, 3.05) is 0 Å². The summed E-state index contributed by atoms with van der Waals surface area (Å²) >= 11 is 5.70. The molecule has 0 aliphatic carbocycles. The first kappa shape index (κ1) is 10.9. The second-order valence-electron chi connectivity index (χ2n) is 3.63. The van der Waals surface area contributed by atoms with E-state index < -0.39 is 0 Å². The van der Waals surface area contributed by atoms with Gasteiger partial charge >= 0.3 is 0 Å². The highest BCUT2D eigenvalue weighted by atomic mass is 35.5. The summed E-state index contributed by atoms with van der Waals surface area (Å²) in [5.41, 5.74) is 0.564. The van der Waals surface area contributed by atoms with Crippen LogP contribution in [-0.2, 0) is 0 Å². The van der Waals surface area contributed by atoms with Gasteiger partial charge in [0.1, 0.15) is 11.2 Å². The van der Waals surface area contributed by atoms with Crippen molar-refractivity contribution in [1.29, 1.82) is 0 Å². The predicted molar refractivity (Wildman–Crippen MR) is 64.5 cm³/mol. The number of aromatic nitrogens is 4. The van der Waals surface area contributed by atoms with Gasteiger partial charge in [-0.25, -0.2) is 9.07 Å². The molecule has 90 valence electrons. The fraction of sp³-hybridized carbons (Fsp3) is 0. The molecule has 0 amide bonds. The van der Waals surface area contributed by atoms with Crippen LogP contribution in [0, 0.1) is 5.82 Å². The van der Waals surface area contributed by atoms with Crippen LogP contribution in [0.1, 0.15) is 0 Å². The van der Waals surface area contributed by atoms with E-state index in [1.807, 2.05) is 0 Å². The van der Waals surface area contributed by atoms with Crippen LogP contribution < -0.4 is 5.56 Å². The highest BCUT2D eigenvalue weighted by Crippen LogP contribution is 2.15. The Morgan fingerprint density at radius 1 is 1.28 bits per heavy atom. The number of halogens is 2. The van der Waals surface area contributed by atoms with Crippen molar-refractivity contribution in [3.8, 4) is 5.69 Å². The average molecular weight is 265 g/mol. The van der Waals surface area contributed by atoms with Crippen molar-refractivity contribution in [2.45, 2.75) is 0 Å². The standard InChI is InChI=1S/C11H6ClFN4O/c12-11-15-9-8(10(18)16-11)5-14-17(9)7-3-1-6(13)2-4-7/h1-5H,(H,15,16,18). The Labute approximate surface area is 105 Å². The number of aromatic amines is 1. The van der Waals surface area contributed by atoms with Crippen molar-refractivity contribution in [1.82, 2.24) is 19.7 Å². The number of nitrogens with zero attached hydrogens (tertiary/aromatic N) is 3. The molecule has 18 heavy (non-hydrogen) atoms. The Kier molecular flexibility index (Phi) is 2.38. The summed E-state index contributed by atoms with van der Waals surface area (Å²) in [7, 11) is 0. The van der Waals surface area contributed by atoms with E-state index in [4.69, 9.17) is 11.6 Å². The van der Waals surface area contributed by atoms with E-state index in [1.54, 1.807) is 12.1 Å². The predicted octanol–water partition coefficient (Wildman–Crippen LogP) is 1.90. The maximum Gasteiger partial charge on any atom is 0.262 e. The van der Waals surface area contributed by atoms with E-state index >= 15 is 0 Å². The second kappa shape index (κ2) is 3.92. The molecule has 2 aromatic heterocycles. The normalized spacial score (nSPS) is 11.0.